The first-order valence-electron chi connectivity index (χ1n) is 9.99. The first-order valence-corrected chi connectivity index (χ1v) is 10.4. The summed E-state index contributed by atoms with van der Waals surface area (Å²) >= 11 is 6.13. The van der Waals surface area contributed by atoms with E-state index in [1.165, 1.54) is 18.2 Å². The molecule has 2 bridgehead atoms. The largest absolute Gasteiger partial charge is 0.506 e. The predicted molar refractivity (Wildman–Crippen MR) is 114 cm³/mol. The van der Waals surface area contributed by atoms with Crippen LogP contribution in [-0.4, -0.2) is 16.9 Å². The van der Waals surface area contributed by atoms with Gasteiger partial charge in [0.15, 0.2) is 0 Å². The third-order valence-corrected chi connectivity index (χ3v) is 7.43. The van der Waals surface area contributed by atoms with Crippen molar-refractivity contribution in [2.75, 3.05) is 4.90 Å². The lowest BCUT2D eigenvalue weighted by molar-refractivity contribution is -0.128. The van der Waals surface area contributed by atoms with Crippen molar-refractivity contribution in [3.05, 3.63) is 94.0 Å². The molecule has 0 aromatic heterocycles. The lowest BCUT2D eigenvalue weighted by atomic mass is 9.48. The van der Waals surface area contributed by atoms with Crippen LogP contribution in [0.3, 0.4) is 0 Å². The number of carbonyl (C=O) groups is 2. The van der Waals surface area contributed by atoms with E-state index in [1.54, 1.807) is 0 Å². The van der Waals surface area contributed by atoms with E-state index in [1.807, 2.05) is 31.2 Å². The highest BCUT2D eigenvalue weighted by atomic mass is 35.5. The molecule has 5 heteroatoms. The molecule has 3 aromatic carbocycles. The Bertz CT molecular complexity index is 1220. The molecule has 2 amide bonds. The lowest BCUT2D eigenvalue weighted by Gasteiger charge is -2.51. The van der Waals surface area contributed by atoms with Crippen molar-refractivity contribution in [2.45, 2.75) is 18.8 Å². The van der Waals surface area contributed by atoms with Crippen LogP contribution >= 0.6 is 11.6 Å². The van der Waals surface area contributed by atoms with Gasteiger partial charge in [-0.2, -0.15) is 0 Å². The van der Waals surface area contributed by atoms with Gasteiger partial charge in [-0.25, -0.2) is 4.90 Å². The van der Waals surface area contributed by atoms with Crippen LogP contribution in [0.25, 0.3) is 0 Å². The zero-order valence-corrected chi connectivity index (χ0v) is 16.9. The molecular formula is C25H18ClNO3. The molecule has 1 heterocycles. The fourth-order valence-electron chi connectivity index (χ4n) is 6.02. The average Bonchev–Trinajstić information content (AvgIpc) is 2.96. The summed E-state index contributed by atoms with van der Waals surface area (Å²) in [4.78, 5) is 28.8. The number of rotatable bonds is 1. The van der Waals surface area contributed by atoms with Gasteiger partial charge in [0, 0.05) is 16.9 Å². The number of nitrogens with zero attached hydrogens (tertiary/aromatic N) is 1. The Kier molecular flexibility index (Phi) is 3.39. The summed E-state index contributed by atoms with van der Waals surface area (Å²) in [5, 5.41) is 10.8. The van der Waals surface area contributed by atoms with Crippen LogP contribution in [0.4, 0.5) is 5.69 Å². The lowest BCUT2D eigenvalue weighted by Crippen LogP contribution is -2.49. The number of amides is 2. The zero-order valence-electron chi connectivity index (χ0n) is 16.2. The summed E-state index contributed by atoms with van der Waals surface area (Å²) in [5.74, 6) is -1.64. The maximum Gasteiger partial charge on any atom is 0.241 e. The van der Waals surface area contributed by atoms with Crippen molar-refractivity contribution in [1.29, 1.82) is 0 Å². The van der Waals surface area contributed by atoms with Gasteiger partial charge < -0.3 is 5.11 Å². The zero-order chi connectivity index (χ0) is 20.8. The van der Waals surface area contributed by atoms with Crippen molar-refractivity contribution in [3.8, 4) is 5.75 Å². The molecular weight excluding hydrogens is 398 g/mol. The number of hydrogen-bond donors (Lipinski definition) is 1. The van der Waals surface area contributed by atoms with Gasteiger partial charge in [-0.3, -0.25) is 9.59 Å². The molecule has 148 valence electrons. The standard InChI is InChI=1S/C25H18ClNO3/c1-25-21-16-8-4-2-6-14(16)20(15-7-3-5-9-17(15)21)22(25)23(29)27(24(25)30)18-12-13(26)10-11-19(18)28/h2-12,20-22,28H,1H3/t20?,21?,22-,25+/m1/s1. The third-order valence-electron chi connectivity index (χ3n) is 7.19. The smallest absolute Gasteiger partial charge is 0.241 e. The molecule has 0 saturated carbocycles. The van der Waals surface area contributed by atoms with Gasteiger partial charge in [-0.15, -0.1) is 0 Å². The number of imide groups is 1. The Labute approximate surface area is 178 Å². The van der Waals surface area contributed by atoms with Crippen LogP contribution in [0.5, 0.6) is 5.75 Å². The number of aromatic hydroxyl groups is 1. The monoisotopic (exact) mass is 415 g/mol. The Morgan fingerprint density at radius 3 is 2.07 bits per heavy atom. The summed E-state index contributed by atoms with van der Waals surface area (Å²) in [5.41, 5.74) is 3.67. The third kappa shape index (κ3) is 1.93. The van der Waals surface area contributed by atoms with Gasteiger partial charge in [-0.1, -0.05) is 60.1 Å². The maximum atomic E-state index is 13.9. The second-order valence-electron chi connectivity index (χ2n) is 8.54. The van der Waals surface area contributed by atoms with Crippen LogP contribution < -0.4 is 4.90 Å². The SMILES string of the molecule is C[C@@]12C(=O)N(c3cc(Cl)ccc3O)C(=O)[C@H]1C1c3ccccc3C2c2ccccc21. The van der Waals surface area contributed by atoms with E-state index in [0.717, 1.165) is 27.2 Å². The fraction of sp³-hybridized carbons (Fsp3) is 0.200. The highest BCUT2D eigenvalue weighted by Crippen LogP contribution is 2.67. The van der Waals surface area contributed by atoms with Gasteiger partial charge >= 0.3 is 0 Å². The van der Waals surface area contributed by atoms with Crippen LogP contribution in [0, 0.1) is 11.3 Å². The van der Waals surface area contributed by atoms with E-state index in [0.29, 0.717) is 5.02 Å². The minimum atomic E-state index is -0.931. The number of anilines is 1. The molecule has 7 rings (SSSR count). The summed E-state index contributed by atoms with van der Waals surface area (Å²) in [6.07, 6.45) is 0. The molecule has 1 fully saturated rings. The van der Waals surface area contributed by atoms with E-state index in [9.17, 15) is 14.7 Å². The van der Waals surface area contributed by atoms with E-state index in [-0.39, 0.29) is 35.1 Å². The van der Waals surface area contributed by atoms with Gasteiger partial charge in [0.1, 0.15) is 5.75 Å². The molecule has 0 unspecified atom stereocenters. The van der Waals surface area contributed by atoms with Gasteiger partial charge in [0.25, 0.3) is 0 Å². The van der Waals surface area contributed by atoms with E-state index in [2.05, 4.69) is 24.3 Å². The van der Waals surface area contributed by atoms with E-state index >= 15 is 0 Å². The van der Waals surface area contributed by atoms with E-state index in [4.69, 9.17) is 11.6 Å². The fourth-order valence-corrected chi connectivity index (χ4v) is 6.19. The van der Waals surface area contributed by atoms with E-state index < -0.39 is 11.3 Å². The van der Waals surface area contributed by atoms with Crippen LogP contribution in [0.1, 0.15) is 41.0 Å². The molecule has 4 aliphatic rings. The first kappa shape index (κ1) is 17.7. The van der Waals surface area contributed by atoms with Crippen molar-refractivity contribution in [3.63, 3.8) is 0 Å². The minimum absolute atomic E-state index is 0.134. The molecule has 1 aliphatic heterocycles. The molecule has 30 heavy (non-hydrogen) atoms. The number of phenols is 1. The molecule has 3 aliphatic carbocycles. The number of halogens is 1. The quantitative estimate of drug-likeness (QED) is 0.579. The van der Waals surface area contributed by atoms with Crippen molar-refractivity contribution >= 4 is 29.1 Å². The molecule has 4 nitrogen and oxygen atoms in total. The topological polar surface area (TPSA) is 57.6 Å². The molecule has 2 atom stereocenters. The molecule has 0 radical (unpaired) electrons. The number of benzene rings is 3. The molecule has 1 N–H and O–H groups in total. The number of phenolic OH excluding ortho intramolecular Hbond substituents is 1. The predicted octanol–water partition coefficient (Wildman–Crippen LogP) is 4.83. The summed E-state index contributed by atoms with van der Waals surface area (Å²) in [6, 6.07) is 20.7. The summed E-state index contributed by atoms with van der Waals surface area (Å²) < 4.78 is 0. The Hall–Kier alpha value is -3.11. The van der Waals surface area contributed by atoms with Gasteiger partial charge in [0.2, 0.25) is 11.8 Å². The summed E-state index contributed by atoms with van der Waals surface area (Å²) in [7, 11) is 0. The van der Waals surface area contributed by atoms with Crippen molar-refractivity contribution in [2.24, 2.45) is 11.3 Å². The van der Waals surface area contributed by atoms with Crippen LogP contribution in [-0.2, 0) is 9.59 Å². The first-order chi connectivity index (χ1) is 14.4. The van der Waals surface area contributed by atoms with Crippen molar-refractivity contribution < 1.29 is 14.7 Å². The number of hydrogen-bond acceptors (Lipinski definition) is 3. The second-order valence-corrected chi connectivity index (χ2v) is 8.98. The maximum absolute atomic E-state index is 13.9. The molecule has 1 saturated heterocycles. The van der Waals surface area contributed by atoms with Crippen LogP contribution in [0.15, 0.2) is 66.7 Å². The Morgan fingerprint density at radius 1 is 0.900 bits per heavy atom. The van der Waals surface area contributed by atoms with Crippen LogP contribution in [0.2, 0.25) is 5.02 Å². The van der Waals surface area contributed by atoms with Gasteiger partial charge in [-0.05, 0) is 47.4 Å². The Balaban J connectivity index is 1.63. The minimum Gasteiger partial charge on any atom is -0.506 e. The normalized spacial score (nSPS) is 28.3. The highest BCUT2D eigenvalue weighted by Gasteiger charge is 2.69. The summed E-state index contributed by atoms with van der Waals surface area (Å²) in [6.45, 7) is 1.91. The average molecular weight is 416 g/mol. The molecule has 3 aromatic rings. The Morgan fingerprint density at radius 2 is 1.47 bits per heavy atom. The van der Waals surface area contributed by atoms with Crippen molar-refractivity contribution in [1.82, 2.24) is 0 Å². The van der Waals surface area contributed by atoms with Gasteiger partial charge in [0.05, 0.1) is 17.0 Å². The second kappa shape index (κ2) is 5.73. The number of carbonyl (C=O) groups excluding carboxylic acids is 2. The molecule has 0 spiro atoms. The highest BCUT2D eigenvalue weighted by molar-refractivity contribution is 6.32.